The number of benzene rings is 1. The Morgan fingerprint density at radius 2 is 1.83 bits per heavy atom. The van der Waals surface area contributed by atoms with E-state index in [4.69, 9.17) is 4.42 Å². The molecular weight excluding hydrogens is 382 g/mol. The summed E-state index contributed by atoms with van der Waals surface area (Å²) < 4.78 is 7.09. The number of hydrogen-bond donors (Lipinski definition) is 2. The molecule has 0 unspecified atom stereocenters. The molecule has 3 amide bonds. The van der Waals surface area contributed by atoms with Crippen molar-refractivity contribution in [1.29, 1.82) is 0 Å². The highest BCUT2D eigenvalue weighted by atomic mass is 16.3. The molecule has 1 fully saturated rings. The number of furan rings is 1. The van der Waals surface area contributed by atoms with Crippen LogP contribution in [-0.4, -0.2) is 39.7 Å². The van der Waals surface area contributed by atoms with Crippen LogP contribution in [0.25, 0.3) is 0 Å². The van der Waals surface area contributed by atoms with Crippen molar-refractivity contribution in [2.45, 2.75) is 32.7 Å². The molecule has 2 N–H and O–H groups in total. The standard InChI is InChI=1S/C22H25N5O3/c1-15-5-3-4-6-19(15)24-22(29)25-20-7-11-23-27(20)17-8-12-26(13-9-17)21(28)18-10-14-30-16(18)2/h3-7,10-11,14,17H,8-9,12-13H2,1-2H3,(H2,24,25,29). The minimum Gasteiger partial charge on any atom is -0.469 e. The Morgan fingerprint density at radius 1 is 1.07 bits per heavy atom. The number of para-hydroxylation sites is 1. The molecule has 1 aliphatic heterocycles. The second-order valence-corrected chi connectivity index (χ2v) is 7.47. The van der Waals surface area contributed by atoms with E-state index in [0.717, 1.165) is 24.1 Å². The first-order valence-electron chi connectivity index (χ1n) is 10.0. The molecule has 3 heterocycles. The van der Waals surface area contributed by atoms with E-state index in [2.05, 4.69) is 15.7 Å². The third-order valence-corrected chi connectivity index (χ3v) is 5.49. The molecular formula is C22H25N5O3. The van der Waals surface area contributed by atoms with Gasteiger partial charge in [0.2, 0.25) is 0 Å². The van der Waals surface area contributed by atoms with Crippen molar-refractivity contribution in [3.05, 3.63) is 65.7 Å². The van der Waals surface area contributed by atoms with Crippen LogP contribution in [0.1, 0.15) is 40.6 Å². The van der Waals surface area contributed by atoms with Crippen molar-refractivity contribution in [2.75, 3.05) is 23.7 Å². The zero-order valence-electron chi connectivity index (χ0n) is 17.1. The average molecular weight is 407 g/mol. The fourth-order valence-electron chi connectivity index (χ4n) is 3.78. The summed E-state index contributed by atoms with van der Waals surface area (Å²) in [7, 11) is 0. The van der Waals surface area contributed by atoms with Crippen LogP contribution in [0.3, 0.4) is 0 Å². The highest BCUT2D eigenvalue weighted by Crippen LogP contribution is 2.27. The summed E-state index contributed by atoms with van der Waals surface area (Å²) in [6, 6.07) is 10.9. The number of aromatic nitrogens is 2. The van der Waals surface area contributed by atoms with Crippen LogP contribution in [0.2, 0.25) is 0 Å². The summed E-state index contributed by atoms with van der Waals surface area (Å²) in [5.74, 6) is 1.27. The van der Waals surface area contributed by atoms with E-state index in [0.29, 0.717) is 30.2 Å². The highest BCUT2D eigenvalue weighted by Gasteiger charge is 2.27. The topological polar surface area (TPSA) is 92.4 Å². The predicted octanol–water partition coefficient (Wildman–Crippen LogP) is 4.21. The van der Waals surface area contributed by atoms with Crippen molar-refractivity contribution in [3.8, 4) is 0 Å². The van der Waals surface area contributed by atoms with Gasteiger partial charge in [0.25, 0.3) is 5.91 Å². The SMILES string of the molecule is Cc1ccccc1NC(=O)Nc1ccnn1C1CCN(C(=O)c2ccoc2C)CC1. The Hall–Kier alpha value is -3.55. The van der Waals surface area contributed by atoms with E-state index < -0.39 is 0 Å². The summed E-state index contributed by atoms with van der Waals surface area (Å²) in [5.41, 5.74) is 2.37. The van der Waals surface area contributed by atoms with Crippen LogP contribution in [0.5, 0.6) is 0 Å². The van der Waals surface area contributed by atoms with Gasteiger partial charge in [-0.15, -0.1) is 0 Å². The van der Waals surface area contributed by atoms with Gasteiger partial charge in [-0.05, 0) is 44.4 Å². The normalized spacial score (nSPS) is 14.5. The molecule has 8 nitrogen and oxygen atoms in total. The molecule has 1 aromatic carbocycles. The molecule has 0 radical (unpaired) electrons. The number of piperidine rings is 1. The molecule has 2 aromatic heterocycles. The minimum absolute atomic E-state index is 0.00359. The third kappa shape index (κ3) is 4.07. The maximum Gasteiger partial charge on any atom is 0.324 e. The average Bonchev–Trinajstić information content (AvgIpc) is 3.38. The molecule has 0 saturated carbocycles. The summed E-state index contributed by atoms with van der Waals surface area (Å²) in [4.78, 5) is 27.0. The molecule has 0 atom stereocenters. The fourth-order valence-corrected chi connectivity index (χ4v) is 3.78. The maximum atomic E-state index is 12.7. The largest absolute Gasteiger partial charge is 0.469 e. The fraction of sp³-hybridized carbons (Fsp3) is 0.318. The number of anilines is 2. The molecule has 3 aromatic rings. The van der Waals surface area contributed by atoms with Crippen LogP contribution in [0, 0.1) is 13.8 Å². The number of hydrogen-bond acceptors (Lipinski definition) is 4. The van der Waals surface area contributed by atoms with Crippen molar-refractivity contribution < 1.29 is 14.0 Å². The van der Waals surface area contributed by atoms with Gasteiger partial charge in [-0.2, -0.15) is 5.10 Å². The summed E-state index contributed by atoms with van der Waals surface area (Å²) >= 11 is 0. The molecule has 156 valence electrons. The van der Waals surface area contributed by atoms with Gasteiger partial charge in [-0.3, -0.25) is 10.1 Å². The number of urea groups is 1. The molecule has 30 heavy (non-hydrogen) atoms. The summed E-state index contributed by atoms with van der Waals surface area (Å²) in [6.07, 6.45) is 4.74. The van der Waals surface area contributed by atoms with Crippen molar-refractivity contribution >= 4 is 23.4 Å². The summed E-state index contributed by atoms with van der Waals surface area (Å²) in [5, 5.41) is 10.2. The molecule has 1 aliphatic rings. The minimum atomic E-state index is -0.311. The van der Waals surface area contributed by atoms with E-state index in [-0.39, 0.29) is 18.0 Å². The van der Waals surface area contributed by atoms with Gasteiger partial charge in [0.05, 0.1) is 24.1 Å². The molecule has 8 heteroatoms. The Labute approximate surface area is 174 Å². The van der Waals surface area contributed by atoms with Crippen LogP contribution < -0.4 is 10.6 Å². The van der Waals surface area contributed by atoms with Crippen LogP contribution in [0.15, 0.2) is 53.3 Å². The van der Waals surface area contributed by atoms with Gasteiger partial charge in [-0.1, -0.05) is 18.2 Å². The van der Waals surface area contributed by atoms with Crippen molar-refractivity contribution in [2.24, 2.45) is 0 Å². The van der Waals surface area contributed by atoms with E-state index in [1.165, 1.54) is 0 Å². The smallest absolute Gasteiger partial charge is 0.324 e. The first-order chi connectivity index (χ1) is 14.5. The van der Waals surface area contributed by atoms with Gasteiger partial charge in [0.15, 0.2) is 0 Å². The Balaban J connectivity index is 1.37. The number of rotatable bonds is 4. The van der Waals surface area contributed by atoms with E-state index in [9.17, 15) is 9.59 Å². The van der Waals surface area contributed by atoms with E-state index >= 15 is 0 Å². The first kappa shape index (κ1) is 19.8. The highest BCUT2D eigenvalue weighted by molar-refractivity contribution is 5.99. The molecule has 0 bridgehead atoms. The lowest BCUT2D eigenvalue weighted by atomic mass is 10.0. The number of nitrogens with zero attached hydrogens (tertiary/aromatic N) is 3. The number of likely N-dealkylation sites (tertiary alicyclic amines) is 1. The molecule has 4 rings (SSSR count). The molecule has 0 aliphatic carbocycles. The lowest BCUT2D eigenvalue weighted by molar-refractivity contribution is 0.0689. The predicted molar refractivity (Wildman–Crippen MR) is 114 cm³/mol. The quantitative estimate of drug-likeness (QED) is 0.677. The number of amides is 3. The van der Waals surface area contributed by atoms with Crippen LogP contribution in [0.4, 0.5) is 16.3 Å². The lowest BCUT2D eigenvalue weighted by Gasteiger charge is -2.32. The van der Waals surface area contributed by atoms with Gasteiger partial charge >= 0.3 is 6.03 Å². The van der Waals surface area contributed by atoms with Crippen LogP contribution >= 0.6 is 0 Å². The van der Waals surface area contributed by atoms with Crippen molar-refractivity contribution in [1.82, 2.24) is 14.7 Å². The number of aryl methyl sites for hydroxylation is 2. The van der Waals surface area contributed by atoms with E-state index in [1.807, 2.05) is 40.8 Å². The number of carbonyl (C=O) groups is 2. The van der Waals surface area contributed by atoms with Crippen molar-refractivity contribution in [3.63, 3.8) is 0 Å². The van der Waals surface area contributed by atoms with Gasteiger partial charge in [0.1, 0.15) is 11.6 Å². The Morgan fingerprint density at radius 3 is 2.53 bits per heavy atom. The second kappa shape index (κ2) is 8.44. The third-order valence-electron chi connectivity index (χ3n) is 5.49. The first-order valence-corrected chi connectivity index (χ1v) is 10.0. The van der Waals surface area contributed by atoms with Gasteiger partial charge in [-0.25, -0.2) is 9.48 Å². The van der Waals surface area contributed by atoms with Crippen LogP contribution in [-0.2, 0) is 0 Å². The second-order valence-electron chi connectivity index (χ2n) is 7.47. The van der Waals surface area contributed by atoms with Gasteiger partial charge in [0, 0.05) is 24.8 Å². The summed E-state index contributed by atoms with van der Waals surface area (Å²) in [6.45, 7) is 5.00. The molecule has 1 saturated heterocycles. The zero-order valence-corrected chi connectivity index (χ0v) is 17.1. The monoisotopic (exact) mass is 407 g/mol. The van der Waals surface area contributed by atoms with Gasteiger partial charge < -0.3 is 14.6 Å². The number of carbonyl (C=O) groups excluding carboxylic acids is 2. The lowest BCUT2D eigenvalue weighted by Crippen LogP contribution is -2.39. The Bertz CT molecular complexity index is 1050. The molecule has 0 spiro atoms. The van der Waals surface area contributed by atoms with E-state index in [1.54, 1.807) is 31.5 Å². The zero-order chi connectivity index (χ0) is 21.1. The number of nitrogens with one attached hydrogen (secondary N) is 2. The Kier molecular flexibility index (Phi) is 5.56. The maximum absolute atomic E-state index is 12.7.